The molecule has 22 heavy (non-hydrogen) atoms. The summed E-state index contributed by atoms with van der Waals surface area (Å²) < 4.78 is 19.1. The van der Waals surface area contributed by atoms with Gasteiger partial charge in [-0.3, -0.25) is 9.59 Å². The molecule has 3 rings (SSSR count). The molecule has 2 heterocycles. The van der Waals surface area contributed by atoms with E-state index in [-0.39, 0.29) is 18.4 Å². The van der Waals surface area contributed by atoms with Crippen LogP contribution in [0.3, 0.4) is 0 Å². The normalized spacial score (nSPS) is 25.6. The Morgan fingerprint density at radius 1 is 1.32 bits per heavy atom. The molecule has 1 aromatic carbocycles. The van der Waals surface area contributed by atoms with Gasteiger partial charge in [0.2, 0.25) is 5.91 Å². The average Bonchev–Trinajstić information content (AvgIpc) is 3.03. The van der Waals surface area contributed by atoms with Crippen molar-refractivity contribution in [2.75, 3.05) is 26.7 Å². The Labute approximate surface area is 128 Å². The topological polar surface area (TPSA) is 49.9 Å². The van der Waals surface area contributed by atoms with Gasteiger partial charge in [0, 0.05) is 20.1 Å². The van der Waals surface area contributed by atoms with Gasteiger partial charge in [-0.15, -0.1) is 0 Å². The lowest BCUT2D eigenvalue weighted by molar-refractivity contribution is -0.166. The summed E-state index contributed by atoms with van der Waals surface area (Å²) in [5.41, 5.74) is 0.577. The second-order valence-corrected chi connectivity index (χ2v) is 5.77. The first-order valence-electron chi connectivity index (χ1n) is 7.49. The van der Waals surface area contributed by atoms with Crippen LogP contribution in [0, 0.1) is 5.82 Å². The fourth-order valence-electron chi connectivity index (χ4n) is 3.13. The lowest BCUT2D eigenvalue weighted by Gasteiger charge is -2.39. The lowest BCUT2D eigenvalue weighted by atomic mass is 9.97. The molecule has 0 aromatic heterocycles. The van der Waals surface area contributed by atoms with E-state index in [4.69, 9.17) is 4.74 Å². The molecule has 5 nitrogen and oxygen atoms in total. The monoisotopic (exact) mass is 306 g/mol. The Morgan fingerprint density at radius 2 is 2.05 bits per heavy atom. The predicted molar refractivity (Wildman–Crippen MR) is 77.5 cm³/mol. The van der Waals surface area contributed by atoms with Gasteiger partial charge >= 0.3 is 0 Å². The highest BCUT2D eigenvalue weighted by atomic mass is 19.1. The van der Waals surface area contributed by atoms with Crippen molar-refractivity contribution in [3.8, 4) is 0 Å². The molecule has 0 spiro atoms. The minimum absolute atomic E-state index is 0.118. The third-order valence-corrected chi connectivity index (χ3v) is 4.34. The molecule has 2 fully saturated rings. The fourth-order valence-corrected chi connectivity index (χ4v) is 3.13. The highest BCUT2D eigenvalue weighted by Crippen LogP contribution is 2.31. The van der Waals surface area contributed by atoms with Crippen LogP contribution < -0.4 is 0 Å². The fraction of sp³-hybridized carbons (Fsp3) is 0.500. The number of ether oxygens (including phenoxy) is 1. The molecule has 2 saturated heterocycles. The standard InChI is InChI=1S/C16H19FN2O3/c1-18-13(20)10-22-15(16(21)19-7-2-3-8-19)14(18)11-5-4-6-12(17)9-11/h4-6,9,14-15H,2-3,7-8,10H2,1H3/t14-,15+/m0/s1. The molecule has 0 radical (unpaired) electrons. The third kappa shape index (κ3) is 2.70. The van der Waals surface area contributed by atoms with E-state index in [0.717, 1.165) is 12.8 Å². The number of likely N-dealkylation sites (tertiary alicyclic amines) is 1. The van der Waals surface area contributed by atoms with Crippen molar-refractivity contribution in [2.24, 2.45) is 0 Å². The Morgan fingerprint density at radius 3 is 2.73 bits per heavy atom. The van der Waals surface area contributed by atoms with Gasteiger partial charge in [-0.1, -0.05) is 12.1 Å². The maximum Gasteiger partial charge on any atom is 0.254 e. The van der Waals surface area contributed by atoms with Gasteiger partial charge in [0.05, 0.1) is 6.04 Å². The summed E-state index contributed by atoms with van der Waals surface area (Å²) in [5.74, 6) is -0.720. The number of hydrogen-bond donors (Lipinski definition) is 0. The van der Waals surface area contributed by atoms with E-state index >= 15 is 0 Å². The minimum Gasteiger partial charge on any atom is -0.356 e. The number of morpholine rings is 1. The zero-order valence-electron chi connectivity index (χ0n) is 12.5. The van der Waals surface area contributed by atoms with E-state index < -0.39 is 18.0 Å². The van der Waals surface area contributed by atoms with Crippen molar-refractivity contribution in [1.82, 2.24) is 9.80 Å². The van der Waals surface area contributed by atoms with Gasteiger partial charge in [-0.25, -0.2) is 4.39 Å². The van der Waals surface area contributed by atoms with Crippen LogP contribution in [0.2, 0.25) is 0 Å². The van der Waals surface area contributed by atoms with E-state index in [1.54, 1.807) is 24.1 Å². The number of rotatable bonds is 2. The molecular weight excluding hydrogens is 287 g/mol. The van der Waals surface area contributed by atoms with Crippen LogP contribution in [0.4, 0.5) is 4.39 Å². The van der Waals surface area contributed by atoms with Gasteiger partial charge in [-0.05, 0) is 30.5 Å². The number of carbonyl (C=O) groups is 2. The van der Waals surface area contributed by atoms with E-state index in [1.807, 2.05) is 0 Å². The Balaban J connectivity index is 1.92. The first-order chi connectivity index (χ1) is 10.6. The summed E-state index contributed by atoms with van der Waals surface area (Å²) in [6.07, 6.45) is 1.19. The number of benzene rings is 1. The summed E-state index contributed by atoms with van der Waals surface area (Å²) in [7, 11) is 1.63. The van der Waals surface area contributed by atoms with Crippen molar-refractivity contribution < 1.29 is 18.7 Å². The predicted octanol–water partition coefficient (Wildman–Crippen LogP) is 1.35. The van der Waals surface area contributed by atoms with E-state index in [0.29, 0.717) is 18.7 Å². The van der Waals surface area contributed by atoms with Gasteiger partial charge in [-0.2, -0.15) is 0 Å². The van der Waals surface area contributed by atoms with Gasteiger partial charge in [0.15, 0.2) is 6.10 Å². The minimum atomic E-state index is -0.775. The largest absolute Gasteiger partial charge is 0.356 e. The molecule has 0 aliphatic carbocycles. The molecule has 0 unspecified atom stereocenters. The number of likely N-dealkylation sites (N-methyl/N-ethyl adjacent to an activating group) is 1. The average molecular weight is 306 g/mol. The molecule has 0 bridgehead atoms. The third-order valence-electron chi connectivity index (χ3n) is 4.34. The maximum atomic E-state index is 13.5. The van der Waals surface area contributed by atoms with Crippen LogP contribution in [-0.4, -0.2) is 54.5 Å². The molecular formula is C16H19FN2O3. The van der Waals surface area contributed by atoms with Crippen molar-refractivity contribution >= 4 is 11.8 Å². The smallest absolute Gasteiger partial charge is 0.254 e. The molecule has 0 saturated carbocycles. The zero-order chi connectivity index (χ0) is 15.7. The zero-order valence-corrected chi connectivity index (χ0v) is 12.5. The summed E-state index contributed by atoms with van der Waals surface area (Å²) >= 11 is 0. The highest BCUT2D eigenvalue weighted by molar-refractivity contribution is 5.86. The van der Waals surface area contributed by atoms with Gasteiger partial charge in [0.25, 0.3) is 5.91 Å². The van der Waals surface area contributed by atoms with Crippen molar-refractivity contribution in [3.05, 3.63) is 35.6 Å². The molecule has 118 valence electrons. The lowest BCUT2D eigenvalue weighted by Crippen LogP contribution is -2.53. The molecule has 2 amide bonds. The quantitative estimate of drug-likeness (QED) is 0.828. The molecule has 2 aliphatic heterocycles. The van der Waals surface area contributed by atoms with Crippen LogP contribution in [0.1, 0.15) is 24.4 Å². The van der Waals surface area contributed by atoms with Crippen LogP contribution in [-0.2, 0) is 14.3 Å². The second kappa shape index (κ2) is 6.04. The SMILES string of the molecule is CN1C(=O)CO[C@@H](C(=O)N2CCCC2)[C@@H]1c1cccc(F)c1. The number of nitrogens with zero attached hydrogens (tertiary/aromatic N) is 2. The summed E-state index contributed by atoms with van der Waals surface area (Å²) in [4.78, 5) is 27.9. The molecule has 1 aromatic rings. The van der Waals surface area contributed by atoms with Crippen LogP contribution in [0.5, 0.6) is 0 Å². The first kappa shape index (κ1) is 15.0. The molecule has 0 N–H and O–H groups in total. The van der Waals surface area contributed by atoms with Gasteiger partial charge in [0.1, 0.15) is 12.4 Å². The Kier molecular flexibility index (Phi) is 4.11. The molecule has 2 aliphatic rings. The number of halogens is 1. The van der Waals surface area contributed by atoms with E-state index in [1.165, 1.54) is 17.0 Å². The highest BCUT2D eigenvalue weighted by Gasteiger charge is 2.42. The number of hydrogen-bond acceptors (Lipinski definition) is 3. The number of carbonyl (C=O) groups excluding carboxylic acids is 2. The summed E-state index contributed by atoms with van der Waals surface area (Å²) in [6.45, 7) is 1.31. The first-order valence-corrected chi connectivity index (χ1v) is 7.49. The summed E-state index contributed by atoms with van der Waals surface area (Å²) in [6, 6.07) is 5.40. The van der Waals surface area contributed by atoms with Crippen molar-refractivity contribution in [3.63, 3.8) is 0 Å². The van der Waals surface area contributed by atoms with E-state index in [9.17, 15) is 14.0 Å². The van der Waals surface area contributed by atoms with E-state index in [2.05, 4.69) is 0 Å². The maximum absolute atomic E-state index is 13.5. The molecule has 6 heteroatoms. The van der Waals surface area contributed by atoms with Crippen LogP contribution >= 0.6 is 0 Å². The Hall–Kier alpha value is -1.95. The van der Waals surface area contributed by atoms with Crippen molar-refractivity contribution in [1.29, 1.82) is 0 Å². The molecule has 2 atom stereocenters. The Bertz CT molecular complexity index is 587. The van der Waals surface area contributed by atoms with Gasteiger partial charge < -0.3 is 14.5 Å². The van der Waals surface area contributed by atoms with Crippen molar-refractivity contribution in [2.45, 2.75) is 25.0 Å². The second-order valence-electron chi connectivity index (χ2n) is 5.77. The summed E-state index contributed by atoms with van der Waals surface area (Å²) in [5, 5.41) is 0. The van der Waals surface area contributed by atoms with Crippen LogP contribution in [0.15, 0.2) is 24.3 Å². The van der Waals surface area contributed by atoms with Crippen LogP contribution in [0.25, 0.3) is 0 Å². The number of amides is 2.